The summed E-state index contributed by atoms with van der Waals surface area (Å²) in [6, 6.07) is -1.04. The number of piperidine rings is 1. The van der Waals surface area contributed by atoms with Crippen LogP contribution in [0.15, 0.2) is 47.6 Å². The number of amides is 1. The molecule has 3 heterocycles. The first-order valence-corrected chi connectivity index (χ1v) is 24.1. The second-order valence-corrected chi connectivity index (χ2v) is 20.0. The topological polar surface area (TPSA) is 200 Å². The minimum absolute atomic E-state index is 0.0368. The summed E-state index contributed by atoms with van der Waals surface area (Å²) in [4.78, 5) is 57.6. The van der Waals surface area contributed by atoms with E-state index < -0.39 is 84.4 Å². The van der Waals surface area contributed by atoms with E-state index in [1.807, 2.05) is 71.1 Å². The molecule has 1 saturated carbocycles. The lowest BCUT2D eigenvalue weighted by atomic mass is 9.75. The largest absolute Gasteiger partial charge is 0.461 e. The minimum atomic E-state index is -2.39. The molecule has 0 aromatic heterocycles. The number of hydrogen-bond acceptors (Lipinski definition) is 12. The molecular weight excluding hydrogens is 819 g/mol. The monoisotopic (exact) mass is 900 g/mol. The smallest absolute Gasteiger partial charge is 0.329 e. The van der Waals surface area contributed by atoms with E-state index in [-0.39, 0.29) is 48.5 Å². The second kappa shape index (κ2) is 25.2. The number of fused-ring (bicyclic) bond motifs is 3. The van der Waals surface area contributed by atoms with Crippen molar-refractivity contribution in [2.75, 3.05) is 26.9 Å². The highest BCUT2D eigenvalue weighted by Crippen LogP contribution is 2.38. The first-order valence-electron chi connectivity index (χ1n) is 24.1. The molecule has 2 saturated heterocycles. The molecule has 2 bridgehead atoms. The summed E-state index contributed by atoms with van der Waals surface area (Å²) in [5, 5.41) is 54.1. The van der Waals surface area contributed by atoms with Crippen LogP contribution < -0.4 is 0 Å². The Balaban J connectivity index is 1.67. The molecule has 4 aliphatic rings. The number of Topliss-reactive ketones (excluding diaryl/α,β-unsaturated/α-hetero) is 2. The van der Waals surface area contributed by atoms with Gasteiger partial charge < -0.3 is 44.6 Å². The Morgan fingerprint density at radius 1 is 0.844 bits per heavy atom. The molecular formula is C51H81NO12. The van der Waals surface area contributed by atoms with Crippen LogP contribution in [0, 0.1) is 47.3 Å². The third-order valence-electron chi connectivity index (χ3n) is 14.7. The number of rotatable bonds is 6. The standard InChI is InChI=1S/C51H81NO12/c1-31-14-10-9-11-15-33(3)45(62-8)28-40-20-18-37(7)51(61,64-40)48(58)49(59)52-23-13-12-16-42(52)50(60)63-44(34(4)26-38-19-21-43(55)39(27-38)29-53)22-17-32(2)25-36(6)47(57)41(30-54)46(56)35(5)24-31/h9-11,14-15,25,31-32,34-35,37-45,47,53-55,57,61H,12-13,16-24,26-30H2,1-8H3/b11-9?,14-10+,33-15?,36-25+/t31-,32+,34?,35-,37-,38+,39+,40+,41+,42+,43-,44+,45+,47-,51-/m1/s1. The number of aliphatic hydroxyl groups is 5. The van der Waals surface area contributed by atoms with Gasteiger partial charge in [0.05, 0.1) is 36.9 Å². The zero-order valence-corrected chi connectivity index (χ0v) is 39.9. The number of aliphatic hydroxyl groups excluding tert-OH is 4. The molecule has 3 fully saturated rings. The van der Waals surface area contributed by atoms with Gasteiger partial charge in [-0.1, -0.05) is 71.1 Å². The van der Waals surface area contributed by atoms with Crippen LogP contribution in [-0.2, 0) is 33.4 Å². The lowest BCUT2D eigenvalue weighted by Gasteiger charge is -2.42. The van der Waals surface area contributed by atoms with E-state index in [1.54, 1.807) is 21.0 Å². The molecule has 362 valence electrons. The van der Waals surface area contributed by atoms with Gasteiger partial charge in [-0.25, -0.2) is 4.79 Å². The zero-order chi connectivity index (χ0) is 47.3. The van der Waals surface area contributed by atoms with Gasteiger partial charge in [0, 0.05) is 44.4 Å². The highest BCUT2D eigenvalue weighted by Gasteiger charge is 2.53. The fraction of sp³-hybridized carbons (Fsp3) is 0.765. The predicted octanol–water partition coefficient (Wildman–Crippen LogP) is 6.19. The van der Waals surface area contributed by atoms with Crippen LogP contribution >= 0.6 is 0 Å². The summed E-state index contributed by atoms with van der Waals surface area (Å²) in [6.45, 7) is 12.8. The van der Waals surface area contributed by atoms with E-state index in [1.165, 1.54) is 4.90 Å². The van der Waals surface area contributed by atoms with Crippen molar-refractivity contribution in [1.29, 1.82) is 0 Å². The first kappa shape index (κ1) is 53.6. The molecule has 0 aromatic carbocycles. The van der Waals surface area contributed by atoms with Crippen LogP contribution in [0.25, 0.3) is 0 Å². The number of nitrogens with zero attached hydrogens (tertiary/aromatic N) is 1. The number of methoxy groups -OCH3 is 1. The maximum absolute atomic E-state index is 14.3. The van der Waals surface area contributed by atoms with Crippen molar-refractivity contribution in [2.45, 2.75) is 174 Å². The van der Waals surface area contributed by atoms with E-state index >= 15 is 0 Å². The van der Waals surface area contributed by atoms with Gasteiger partial charge in [-0.15, -0.1) is 0 Å². The van der Waals surface area contributed by atoms with Gasteiger partial charge in [-0.2, -0.15) is 0 Å². The average Bonchev–Trinajstić information content (AvgIpc) is 3.27. The molecule has 1 amide bonds. The number of allylic oxidation sites excluding steroid dienone is 6. The van der Waals surface area contributed by atoms with Crippen molar-refractivity contribution >= 4 is 23.4 Å². The minimum Gasteiger partial charge on any atom is -0.461 e. The van der Waals surface area contributed by atoms with Crippen molar-refractivity contribution in [2.24, 2.45) is 47.3 Å². The van der Waals surface area contributed by atoms with Crippen LogP contribution in [0.5, 0.6) is 0 Å². The maximum atomic E-state index is 14.3. The Morgan fingerprint density at radius 3 is 2.27 bits per heavy atom. The molecule has 0 aromatic rings. The Kier molecular flexibility index (Phi) is 21.1. The van der Waals surface area contributed by atoms with Crippen molar-refractivity contribution in [3.05, 3.63) is 47.6 Å². The van der Waals surface area contributed by atoms with Crippen molar-refractivity contribution in [3.63, 3.8) is 0 Å². The molecule has 13 heteroatoms. The zero-order valence-electron chi connectivity index (χ0n) is 39.9. The summed E-state index contributed by atoms with van der Waals surface area (Å²) < 4.78 is 18.4. The predicted molar refractivity (Wildman–Crippen MR) is 244 cm³/mol. The molecule has 5 N–H and O–H groups in total. The van der Waals surface area contributed by atoms with E-state index in [9.17, 15) is 44.7 Å². The third kappa shape index (κ3) is 14.2. The van der Waals surface area contributed by atoms with Gasteiger partial charge >= 0.3 is 5.97 Å². The van der Waals surface area contributed by atoms with Crippen molar-refractivity contribution < 1.29 is 58.9 Å². The van der Waals surface area contributed by atoms with Gasteiger partial charge in [0.1, 0.15) is 17.9 Å². The Labute approximate surface area is 382 Å². The summed E-state index contributed by atoms with van der Waals surface area (Å²) in [5.74, 6) is -7.61. The highest BCUT2D eigenvalue weighted by molar-refractivity contribution is 6.39. The molecule has 15 atom stereocenters. The summed E-state index contributed by atoms with van der Waals surface area (Å²) in [6.07, 6.45) is 15.2. The van der Waals surface area contributed by atoms with E-state index in [0.717, 1.165) is 12.0 Å². The third-order valence-corrected chi connectivity index (χ3v) is 14.7. The number of ether oxygens (including phenoxy) is 3. The van der Waals surface area contributed by atoms with E-state index in [2.05, 4.69) is 0 Å². The molecule has 64 heavy (non-hydrogen) atoms. The SMILES string of the molecule is CO[C@H]1C[C@@H]2CC[C@@H](C)[C@@](O)(O2)C(=O)C(=O)N2CCCC[C@H]2C(=O)O[C@H](C(C)C[C@@H]2CC[C@@H](O)[C@H](CO)C2)CC[C@H](C)/C=C(\C)[C@@H](O)[C@@H](CO)C(=O)[C@H](C)C[C@H](C)/C=C/C=CC=C1C. The van der Waals surface area contributed by atoms with Gasteiger partial charge in [0.25, 0.3) is 11.7 Å². The fourth-order valence-electron chi connectivity index (χ4n) is 10.5. The molecule has 3 aliphatic heterocycles. The van der Waals surface area contributed by atoms with Crippen molar-refractivity contribution in [1.82, 2.24) is 4.90 Å². The Bertz CT molecular complexity index is 1670. The number of carbonyl (C=O) groups is 4. The summed E-state index contributed by atoms with van der Waals surface area (Å²) >= 11 is 0. The molecule has 0 spiro atoms. The van der Waals surface area contributed by atoms with Gasteiger partial charge in [-0.05, 0) is 126 Å². The second-order valence-electron chi connectivity index (χ2n) is 20.0. The average molecular weight is 900 g/mol. The molecule has 1 aliphatic carbocycles. The van der Waals surface area contributed by atoms with Crippen LogP contribution in [0.3, 0.4) is 0 Å². The fourth-order valence-corrected chi connectivity index (χ4v) is 10.5. The van der Waals surface area contributed by atoms with Gasteiger partial charge in [-0.3, -0.25) is 14.4 Å². The Hall–Kier alpha value is -3.04. The van der Waals surface area contributed by atoms with Crippen LogP contribution in [0.4, 0.5) is 0 Å². The number of esters is 1. The normalized spacial score (nSPS) is 39.5. The van der Waals surface area contributed by atoms with Crippen LogP contribution in [0.1, 0.15) is 132 Å². The molecule has 4 rings (SSSR count). The lowest BCUT2D eigenvalue weighted by molar-refractivity contribution is -0.265. The molecule has 0 radical (unpaired) electrons. The quantitative estimate of drug-likeness (QED) is 0.115. The van der Waals surface area contributed by atoms with E-state index in [4.69, 9.17) is 14.2 Å². The Morgan fingerprint density at radius 2 is 1.58 bits per heavy atom. The number of cyclic esters (lactones) is 1. The number of hydrogen-bond donors (Lipinski definition) is 5. The summed E-state index contributed by atoms with van der Waals surface area (Å²) in [7, 11) is 1.58. The molecule has 1 unspecified atom stereocenters. The van der Waals surface area contributed by atoms with Gasteiger partial charge in [0.15, 0.2) is 0 Å². The van der Waals surface area contributed by atoms with Gasteiger partial charge in [0.2, 0.25) is 5.79 Å². The van der Waals surface area contributed by atoms with Crippen molar-refractivity contribution in [3.8, 4) is 0 Å². The van der Waals surface area contributed by atoms with E-state index in [0.29, 0.717) is 82.6 Å². The first-order chi connectivity index (χ1) is 30.3. The van der Waals surface area contributed by atoms with Crippen LogP contribution in [0.2, 0.25) is 0 Å². The summed E-state index contributed by atoms with van der Waals surface area (Å²) in [5.41, 5.74) is 1.45. The number of ketones is 2. The lowest BCUT2D eigenvalue weighted by Crippen LogP contribution is -2.61. The highest BCUT2D eigenvalue weighted by atomic mass is 16.6. The van der Waals surface area contributed by atoms with Crippen LogP contribution in [-0.4, -0.2) is 123 Å². The number of carbonyl (C=O) groups excluding carboxylic acids is 4. The maximum Gasteiger partial charge on any atom is 0.329 e. The molecule has 13 nitrogen and oxygen atoms in total.